The SMILES string of the molecule is CCC(C)(C)c1ccc(C(Cl)c2cccc(C)c2Br)cc1. The Labute approximate surface area is 141 Å². The first kappa shape index (κ1) is 16.6. The molecule has 0 heterocycles. The summed E-state index contributed by atoms with van der Waals surface area (Å²) in [4.78, 5) is 0. The van der Waals surface area contributed by atoms with Crippen LogP contribution < -0.4 is 0 Å². The van der Waals surface area contributed by atoms with Gasteiger partial charge in [0.2, 0.25) is 0 Å². The predicted molar refractivity (Wildman–Crippen MR) is 96.3 cm³/mol. The highest BCUT2D eigenvalue weighted by atomic mass is 79.9. The second-order valence-corrected chi connectivity index (χ2v) is 7.43. The standard InChI is InChI=1S/C19H22BrCl/c1-5-19(3,4)15-11-9-14(10-12-15)18(21)16-8-6-7-13(2)17(16)20/h6-12,18H,5H2,1-4H3. The zero-order chi connectivity index (χ0) is 15.6. The normalized spacial score (nSPS) is 13.2. The Morgan fingerprint density at radius 2 is 1.71 bits per heavy atom. The average molecular weight is 366 g/mol. The minimum atomic E-state index is -0.127. The molecule has 2 aromatic rings. The summed E-state index contributed by atoms with van der Waals surface area (Å²) in [5.74, 6) is 0. The molecule has 0 bridgehead atoms. The van der Waals surface area contributed by atoms with Crippen LogP contribution in [0.5, 0.6) is 0 Å². The molecule has 0 spiro atoms. The molecule has 2 rings (SSSR count). The second kappa shape index (κ2) is 6.54. The van der Waals surface area contributed by atoms with E-state index in [9.17, 15) is 0 Å². The highest BCUT2D eigenvalue weighted by molar-refractivity contribution is 9.10. The minimum absolute atomic E-state index is 0.127. The molecule has 0 radical (unpaired) electrons. The fourth-order valence-electron chi connectivity index (χ4n) is 2.35. The monoisotopic (exact) mass is 364 g/mol. The molecule has 0 amide bonds. The Balaban J connectivity index is 2.32. The lowest BCUT2D eigenvalue weighted by molar-refractivity contribution is 0.506. The van der Waals surface area contributed by atoms with Gasteiger partial charge in [0, 0.05) is 4.47 Å². The van der Waals surface area contributed by atoms with Crippen LogP contribution in [0.1, 0.15) is 54.8 Å². The second-order valence-electron chi connectivity index (χ2n) is 6.20. The van der Waals surface area contributed by atoms with Gasteiger partial charge in [0.05, 0.1) is 5.38 Å². The summed E-state index contributed by atoms with van der Waals surface area (Å²) in [6.45, 7) is 8.86. The third-order valence-corrected chi connectivity index (χ3v) is 5.93. The first-order valence-electron chi connectivity index (χ1n) is 7.36. The van der Waals surface area contributed by atoms with Gasteiger partial charge in [-0.25, -0.2) is 0 Å². The highest BCUT2D eigenvalue weighted by Gasteiger charge is 2.19. The largest absolute Gasteiger partial charge is 0.113 e. The fraction of sp³-hybridized carbons (Fsp3) is 0.368. The Morgan fingerprint density at radius 1 is 1.10 bits per heavy atom. The highest BCUT2D eigenvalue weighted by Crippen LogP contribution is 2.36. The maximum atomic E-state index is 6.68. The van der Waals surface area contributed by atoms with Gasteiger partial charge in [0.15, 0.2) is 0 Å². The van der Waals surface area contributed by atoms with Gasteiger partial charge in [-0.1, -0.05) is 79.2 Å². The Bertz CT molecular complexity index is 614. The predicted octanol–water partition coefficient (Wildman–Crippen LogP) is 6.77. The number of rotatable bonds is 4. The lowest BCUT2D eigenvalue weighted by Crippen LogP contribution is -2.15. The van der Waals surface area contributed by atoms with Gasteiger partial charge >= 0.3 is 0 Å². The molecule has 0 saturated heterocycles. The molecule has 0 saturated carbocycles. The molecule has 0 aliphatic heterocycles. The first-order valence-corrected chi connectivity index (χ1v) is 8.59. The van der Waals surface area contributed by atoms with Gasteiger partial charge < -0.3 is 0 Å². The van der Waals surface area contributed by atoms with Crippen molar-refractivity contribution < 1.29 is 0 Å². The van der Waals surface area contributed by atoms with Crippen molar-refractivity contribution >= 4 is 27.5 Å². The molecular weight excluding hydrogens is 344 g/mol. The molecule has 0 N–H and O–H groups in total. The van der Waals surface area contributed by atoms with Gasteiger partial charge in [-0.05, 0) is 41.0 Å². The third-order valence-electron chi connectivity index (χ3n) is 4.36. The zero-order valence-corrected chi connectivity index (χ0v) is 15.4. The van der Waals surface area contributed by atoms with E-state index in [1.54, 1.807) is 0 Å². The van der Waals surface area contributed by atoms with E-state index in [0.717, 1.165) is 22.0 Å². The quantitative estimate of drug-likeness (QED) is 0.524. The lowest BCUT2D eigenvalue weighted by atomic mass is 9.82. The van der Waals surface area contributed by atoms with Crippen molar-refractivity contribution in [3.8, 4) is 0 Å². The van der Waals surface area contributed by atoms with Crippen LogP contribution in [-0.4, -0.2) is 0 Å². The topological polar surface area (TPSA) is 0 Å². The molecule has 2 heteroatoms. The van der Waals surface area contributed by atoms with E-state index in [2.05, 4.69) is 86.1 Å². The molecule has 1 unspecified atom stereocenters. The molecule has 0 nitrogen and oxygen atoms in total. The maximum absolute atomic E-state index is 6.68. The molecule has 0 aliphatic carbocycles. The van der Waals surface area contributed by atoms with Crippen molar-refractivity contribution in [2.75, 3.05) is 0 Å². The number of hydrogen-bond acceptors (Lipinski definition) is 0. The van der Waals surface area contributed by atoms with E-state index in [0.29, 0.717) is 0 Å². The first-order chi connectivity index (χ1) is 9.86. The molecule has 2 aromatic carbocycles. The summed E-state index contributed by atoms with van der Waals surface area (Å²) >= 11 is 10.3. The van der Waals surface area contributed by atoms with E-state index in [1.165, 1.54) is 11.1 Å². The molecule has 21 heavy (non-hydrogen) atoms. The van der Waals surface area contributed by atoms with Gasteiger partial charge in [0.25, 0.3) is 0 Å². The summed E-state index contributed by atoms with van der Waals surface area (Å²) in [5, 5.41) is -0.127. The number of halogens is 2. The Morgan fingerprint density at radius 3 is 2.29 bits per heavy atom. The summed E-state index contributed by atoms with van der Waals surface area (Å²) in [5.41, 5.74) is 5.05. The van der Waals surface area contributed by atoms with Crippen LogP contribution in [0.25, 0.3) is 0 Å². The minimum Gasteiger partial charge on any atom is -0.113 e. The van der Waals surface area contributed by atoms with Gasteiger partial charge in [-0.2, -0.15) is 0 Å². The summed E-state index contributed by atoms with van der Waals surface area (Å²) in [7, 11) is 0. The van der Waals surface area contributed by atoms with E-state index in [1.807, 2.05) is 0 Å². The number of benzene rings is 2. The number of hydrogen-bond donors (Lipinski definition) is 0. The van der Waals surface area contributed by atoms with Crippen LogP contribution in [0.4, 0.5) is 0 Å². The van der Waals surface area contributed by atoms with Crippen molar-refractivity contribution in [3.63, 3.8) is 0 Å². The maximum Gasteiger partial charge on any atom is 0.0846 e. The fourth-order valence-corrected chi connectivity index (χ4v) is 3.31. The van der Waals surface area contributed by atoms with E-state index in [4.69, 9.17) is 11.6 Å². The van der Waals surface area contributed by atoms with Crippen molar-refractivity contribution in [1.82, 2.24) is 0 Å². The van der Waals surface area contributed by atoms with Crippen LogP contribution >= 0.6 is 27.5 Å². The smallest absolute Gasteiger partial charge is 0.0846 e. The van der Waals surface area contributed by atoms with Crippen molar-refractivity contribution in [1.29, 1.82) is 0 Å². The average Bonchev–Trinajstić information content (AvgIpc) is 2.49. The molecule has 112 valence electrons. The molecule has 0 fully saturated rings. The van der Waals surface area contributed by atoms with Gasteiger partial charge in [-0.15, -0.1) is 11.6 Å². The lowest BCUT2D eigenvalue weighted by Gasteiger charge is -2.24. The molecule has 1 atom stereocenters. The van der Waals surface area contributed by atoms with Crippen molar-refractivity contribution in [2.24, 2.45) is 0 Å². The van der Waals surface area contributed by atoms with Crippen LogP contribution in [0.15, 0.2) is 46.9 Å². The third kappa shape index (κ3) is 3.52. The van der Waals surface area contributed by atoms with E-state index >= 15 is 0 Å². The molecule has 0 aromatic heterocycles. The van der Waals surface area contributed by atoms with Crippen molar-refractivity contribution in [3.05, 3.63) is 69.2 Å². The Hall–Kier alpha value is -0.790. The van der Waals surface area contributed by atoms with Crippen LogP contribution in [0.2, 0.25) is 0 Å². The van der Waals surface area contributed by atoms with Crippen LogP contribution in [-0.2, 0) is 5.41 Å². The van der Waals surface area contributed by atoms with Crippen molar-refractivity contribution in [2.45, 2.75) is 44.9 Å². The molecular formula is C19H22BrCl. The Kier molecular flexibility index (Phi) is 5.16. The van der Waals surface area contributed by atoms with Gasteiger partial charge in [-0.3, -0.25) is 0 Å². The van der Waals surface area contributed by atoms with Crippen LogP contribution in [0.3, 0.4) is 0 Å². The number of alkyl halides is 1. The van der Waals surface area contributed by atoms with Gasteiger partial charge in [0.1, 0.15) is 0 Å². The summed E-state index contributed by atoms with van der Waals surface area (Å²) in [6, 6.07) is 14.9. The molecule has 0 aliphatic rings. The van der Waals surface area contributed by atoms with E-state index in [-0.39, 0.29) is 10.8 Å². The summed E-state index contributed by atoms with van der Waals surface area (Å²) < 4.78 is 1.10. The van der Waals surface area contributed by atoms with E-state index < -0.39 is 0 Å². The number of aryl methyl sites for hydroxylation is 1. The summed E-state index contributed by atoms with van der Waals surface area (Å²) in [6.07, 6.45) is 1.13. The zero-order valence-electron chi connectivity index (χ0n) is 13.1. The van der Waals surface area contributed by atoms with Crippen LogP contribution in [0, 0.1) is 6.92 Å².